The molecule has 4 heterocycles. The molecule has 9 rings (SSSR count). The molecule has 0 aliphatic carbocycles. The van der Waals surface area contributed by atoms with Crippen LogP contribution in [0.3, 0.4) is 0 Å². The molecular formula is C37H19N5S. The van der Waals surface area contributed by atoms with Crippen molar-refractivity contribution in [2.24, 2.45) is 0 Å². The maximum Gasteiger partial charge on any atom is 0.188 e. The largest absolute Gasteiger partial charge is 0.294 e. The fraction of sp³-hybridized carbons (Fsp3) is 0. The number of nitriles is 1. The Morgan fingerprint density at radius 2 is 1.35 bits per heavy atom. The highest BCUT2D eigenvalue weighted by atomic mass is 32.1. The summed E-state index contributed by atoms with van der Waals surface area (Å²) in [6.45, 7) is 7.66. The summed E-state index contributed by atoms with van der Waals surface area (Å²) in [5, 5.41) is 16.2. The summed E-state index contributed by atoms with van der Waals surface area (Å²) in [6.07, 6.45) is 0. The summed E-state index contributed by atoms with van der Waals surface area (Å²) >= 11 is 1.80. The SMILES string of the molecule is [C-]#[N+]c1ccc2c(c1)c1ccc3sc4ccccc4c3c1n2-c1cccc(-n2c3ccccc3c3cc(C#N)ccc32)n1. The van der Waals surface area contributed by atoms with E-state index in [-0.39, 0.29) is 0 Å². The lowest BCUT2D eigenvalue weighted by molar-refractivity contribution is 1.02. The van der Waals surface area contributed by atoms with Crippen molar-refractivity contribution in [2.75, 3.05) is 0 Å². The summed E-state index contributed by atoms with van der Waals surface area (Å²) in [4.78, 5) is 9.05. The van der Waals surface area contributed by atoms with Crippen LogP contribution in [0.4, 0.5) is 5.69 Å². The van der Waals surface area contributed by atoms with Crippen LogP contribution in [-0.2, 0) is 0 Å². The first kappa shape index (κ1) is 23.7. The number of rotatable bonds is 2. The lowest BCUT2D eigenvalue weighted by atomic mass is 10.1. The van der Waals surface area contributed by atoms with Crippen LogP contribution in [0, 0.1) is 17.9 Å². The second kappa shape index (κ2) is 8.77. The van der Waals surface area contributed by atoms with Gasteiger partial charge >= 0.3 is 0 Å². The van der Waals surface area contributed by atoms with E-state index in [0.717, 1.165) is 55.2 Å². The third kappa shape index (κ3) is 3.27. The molecule has 0 spiro atoms. The maximum atomic E-state index is 9.58. The van der Waals surface area contributed by atoms with Crippen molar-refractivity contribution in [3.8, 4) is 17.7 Å². The highest BCUT2D eigenvalue weighted by Crippen LogP contribution is 2.43. The van der Waals surface area contributed by atoms with Gasteiger partial charge in [0, 0.05) is 36.3 Å². The van der Waals surface area contributed by atoms with Gasteiger partial charge in [-0.05, 0) is 66.0 Å². The quantitative estimate of drug-likeness (QED) is 0.196. The van der Waals surface area contributed by atoms with E-state index in [1.165, 1.54) is 20.2 Å². The zero-order valence-corrected chi connectivity index (χ0v) is 23.4. The summed E-state index contributed by atoms with van der Waals surface area (Å²) in [6, 6.07) is 41.4. The zero-order valence-electron chi connectivity index (χ0n) is 22.6. The second-order valence-corrected chi connectivity index (χ2v) is 11.7. The van der Waals surface area contributed by atoms with Crippen molar-refractivity contribution in [2.45, 2.75) is 0 Å². The second-order valence-electron chi connectivity index (χ2n) is 10.6. The molecule has 0 fully saturated rings. The van der Waals surface area contributed by atoms with E-state index in [0.29, 0.717) is 11.3 Å². The number of para-hydroxylation sites is 1. The first-order valence-corrected chi connectivity index (χ1v) is 14.7. The Kier molecular flexibility index (Phi) is 4.84. The van der Waals surface area contributed by atoms with E-state index in [9.17, 15) is 5.26 Å². The number of pyridine rings is 1. The molecule has 0 radical (unpaired) electrons. The third-order valence-corrected chi connectivity index (χ3v) is 9.50. The Hall–Kier alpha value is -5.95. The Morgan fingerprint density at radius 3 is 2.21 bits per heavy atom. The van der Waals surface area contributed by atoms with Crippen molar-refractivity contribution in [3.63, 3.8) is 0 Å². The molecule has 5 nitrogen and oxygen atoms in total. The van der Waals surface area contributed by atoms with Crippen LogP contribution in [0.1, 0.15) is 5.56 Å². The van der Waals surface area contributed by atoms with Gasteiger partial charge in [0.25, 0.3) is 0 Å². The summed E-state index contributed by atoms with van der Waals surface area (Å²) in [5.41, 5.74) is 5.39. The molecule has 6 heteroatoms. The van der Waals surface area contributed by atoms with E-state index >= 15 is 0 Å². The molecule has 0 saturated heterocycles. The van der Waals surface area contributed by atoms with Crippen molar-refractivity contribution < 1.29 is 0 Å². The molecule has 0 aliphatic rings. The zero-order chi connectivity index (χ0) is 28.7. The molecule has 0 saturated carbocycles. The summed E-state index contributed by atoms with van der Waals surface area (Å²) in [7, 11) is 0. The van der Waals surface area contributed by atoms with Crippen molar-refractivity contribution in [1.29, 1.82) is 5.26 Å². The van der Waals surface area contributed by atoms with Gasteiger partial charge in [-0.25, -0.2) is 9.83 Å². The Bertz CT molecular complexity index is 2710. The van der Waals surface area contributed by atoms with Gasteiger partial charge in [0.15, 0.2) is 5.69 Å². The first-order valence-electron chi connectivity index (χ1n) is 13.9. The molecule has 0 atom stereocenters. The van der Waals surface area contributed by atoms with Crippen LogP contribution in [-0.4, -0.2) is 14.1 Å². The summed E-state index contributed by atoms with van der Waals surface area (Å²) in [5.74, 6) is 1.60. The lowest BCUT2D eigenvalue weighted by Crippen LogP contribution is -2.03. The van der Waals surface area contributed by atoms with Gasteiger partial charge in [-0.3, -0.25) is 9.13 Å². The molecular weight excluding hydrogens is 547 g/mol. The van der Waals surface area contributed by atoms with E-state index < -0.39 is 0 Å². The first-order chi connectivity index (χ1) is 21.2. The summed E-state index contributed by atoms with van der Waals surface area (Å²) < 4.78 is 6.89. The van der Waals surface area contributed by atoms with Crippen LogP contribution in [0.25, 0.3) is 80.3 Å². The number of thiophene rings is 1. The minimum Gasteiger partial charge on any atom is -0.294 e. The molecule has 9 aromatic rings. The molecule has 0 N–H and O–H groups in total. The average molecular weight is 566 g/mol. The lowest BCUT2D eigenvalue weighted by Gasteiger charge is -2.12. The fourth-order valence-corrected chi connectivity index (χ4v) is 7.67. The number of fused-ring (bicyclic) bond motifs is 10. The molecule has 4 aromatic heterocycles. The Labute approximate surface area is 249 Å². The van der Waals surface area contributed by atoms with Crippen molar-refractivity contribution in [1.82, 2.24) is 14.1 Å². The van der Waals surface area contributed by atoms with Crippen LogP contribution in [0.5, 0.6) is 0 Å². The number of nitrogens with zero attached hydrogens (tertiary/aromatic N) is 5. The van der Waals surface area contributed by atoms with Crippen molar-refractivity contribution in [3.05, 3.63) is 132 Å². The molecule has 0 bridgehead atoms. The van der Waals surface area contributed by atoms with Crippen LogP contribution < -0.4 is 0 Å². The minimum absolute atomic E-state index is 0.616. The minimum atomic E-state index is 0.616. The van der Waals surface area contributed by atoms with Crippen LogP contribution in [0.15, 0.2) is 115 Å². The smallest absolute Gasteiger partial charge is 0.188 e. The standard InChI is InChI=1S/C37H19N5S/c1-39-23-14-17-31-28(20-23)25-15-18-33-36(26-8-3-5-10-32(26)43-33)37(25)42(31)35-12-6-11-34(40-35)41-29-9-4-2-7-24(29)27-19-22(21-38)13-16-30(27)41/h2-20H. The van der Waals surface area contributed by atoms with Gasteiger partial charge in [0.1, 0.15) is 11.6 Å². The fourth-order valence-electron chi connectivity index (χ4n) is 6.56. The highest BCUT2D eigenvalue weighted by Gasteiger charge is 2.20. The van der Waals surface area contributed by atoms with Crippen molar-refractivity contribution >= 4 is 80.8 Å². The predicted molar refractivity (Wildman–Crippen MR) is 177 cm³/mol. The predicted octanol–water partition coefficient (Wildman–Crippen LogP) is 10.1. The third-order valence-electron chi connectivity index (χ3n) is 8.36. The van der Waals surface area contributed by atoms with E-state index in [1.54, 1.807) is 11.3 Å². The average Bonchev–Trinajstić information content (AvgIpc) is 3.71. The molecule has 0 amide bonds. The van der Waals surface area contributed by atoms with E-state index in [1.807, 2.05) is 54.6 Å². The van der Waals surface area contributed by atoms with Crippen LogP contribution in [0.2, 0.25) is 0 Å². The number of aromatic nitrogens is 3. The molecule has 198 valence electrons. The van der Waals surface area contributed by atoms with Gasteiger partial charge in [0.2, 0.25) is 0 Å². The molecule has 0 aliphatic heterocycles. The van der Waals surface area contributed by atoms with Gasteiger partial charge in [-0.15, -0.1) is 11.3 Å². The number of benzene rings is 5. The molecule has 5 aromatic carbocycles. The van der Waals surface area contributed by atoms with E-state index in [4.69, 9.17) is 11.6 Å². The van der Waals surface area contributed by atoms with Crippen LogP contribution >= 0.6 is 11.3 Å². The van der Waals surface area contributed by atoms with Gasteiger partial charge in [-0.2, -0.15) is 5.26 Å². The van der Waals surface area contributed by atoms with Gasteiger partial charge in [0.05, 0.1) is 40.3 Å². The molecule has 0 unspecified atom stereocenters. The normalized spacial score (nSPS) is 11.7. The monoisotopic (exact) mass is 565 g/mol. The topological polar surface area (TPSA) is 50.9 Å². The molecule has 43 heavy (non-hydrogen) atoms. The Morgan fingerprint density at radius 1 is 0.628 bits per heavy atom. The Balaban J connectivity index is 1.40. The van der Waals surface area contributed by atoms with Gasteiger partial charge in [-0.1, -0.05) is 54.6 Å². The van der Waals surface area contributed by atoms with E-state index in [2.05, 4.69) is 80.7 Å². The highest BCUT2D eigenvalue weighted by molar-refractivity contribution is 7.26. The van der Waals surface area contributed by atoms with Gasteiger partial charge < -0.3 is 0 Å². The number of hydrogen-bond donors (Lipinski definition) is 0. The maximum absolute atomic E-state index is 9.58. The number of hydrogen-bond acceptors (Lipinski definition) is 3.